The maximum Gasteiger partial charge on any atom is 0.0434 e. The lowest BCUT2D eigenvalue weighted by molar-refractivity contribution is 0.802. The summed E-state index contributed by atoms with van der Waals surface area (Å²) in [6.45, 7) is 2.29. The van der Waals surface area contributed by atoms with Gasteiger partial charge in [-0.2, -0.15) is 0 Å². The minimum atomic E-state index is 1.10. The molecule has 0 saturated carbocycles. The topological polar surface area (TPSA) is 0 Å². The van der Waals surface area contributed by atoms with E-state index in [0.717, 1.165) is 6.42 Å². The molecule has 1 heteroatoms. The number of thiophene rings is 1. The second-order valence-corrected chi connectivity index (χ2v) is 14.8. The van der Waals surface area contributed by atoms with Crippen LogP contribution in [-0.2, 0) is 6.42 Å². The first kappa shape index (κ1) is 30.1. The maximum absolute atomic E-state index is 2.46. The fourth-order valence-electron chi connectivity index (χ4n) is 8.64. The van der Waals surface area contributed by atoms with Crippen LogP contribution >= 0.6 is 11.3 Å². The van der Waals surface area contributed by atoms with Crippen LogP contribution in [0, 0.1) is 0 Å². The molecule has 1 aromatic heterocycles. The van der Waals surface area contributed by atoms with E-state index in [1.54, 1.807) is 0 Å². The van der Waals surface area contributed by atoms with Gasteiger partial charge in [-0.25, -0.2) is 0 Å². The standard InChI is InChI=1S/C50H36S/c1-2-3-18-34-35-19-7-9-21-38(35)48(39-22-10-8-20-36(34)39)33-29-30-37-44-27-15-28-45(50(44)51-46(37)31-33)49-42-25-13-11-23-40(42)47(32-16-5-4-6-17-32)41-24-12-14-26-43(41)49/h4-17,19-31H,2-3,18H2,1H3. The minimum Gasteiger partial charge on any atom is -0.135 e. The maximum atomic E-state index is 2.46. The molecule has 0 saturated heterocycles. The lowest BCUT2D eigenvalue weighted by Gasteiger charge is -2.18. The Morgan fingerprint density at radius 3 is 1.47 bits per heavy atom. The lowest BCUT2D eigenvalue weighted by Crippen LogP contribution is -1.94. The molecule has 0 N–H and O–H groups in total. The van der Waals surface area contributed by atoms with Gasteiger partial charge in [0.25, 0.3) is 0 Å². The first-order valence-electron chi connectivity index (χ1n) is 18.2. The van der Waals surface area contributed by atoms with Gasteiger partial charge in [0.15, 0.2) is 0 Å². The summed E-state index contributed by atoms with van der Waals surface area (Å²) in [5, 5.41) is 13.3. The highest BCUT2D eigenvalue weighted by Crippen LogP contribution is 2.49. The number of rotatable bonds is 6. The van der Waals surface area contributed by atoms with Gasteiger partial charge in [-0.15, -0.1) is 11.3 Å². The molecule has 10 rings (SSSR count). The molecule has 51 heavy (non-hydrogen) atoms. The summed E-state index contributed by atoms with van der Waals surface area (Å²) >= 11 is 1.93. The fourth-order valence-corrected chi connectivity index (χ4v) is 9.90. The summed E-state index contributed by atoms with van der Waals surface area (Å²) in [6, 6.07) is 61.0. The van der Waals surface area contributed by atoms with E-state index in [0.29, 0.717) is 0 Å². The second-order valence-electron chi connectivity index (χ2n) is 13.8. The summed E-state index contributed by atoms with van der Waals surface area (Å²) in [4.78, 5) is 0. The Bertz CT molecular complexity index is 2830. The summed E-state index contributed by atoms with van der Waals surface area (Å²) in [6.07, 6.45) is 3.49. The van der Waals surface area contributed by atoms with Crippen molar-refractivity contribution in [1.82, 2.24) is 0 Å². The molecule has 0 aliphatic rings. The smallest absolute Gasteiger partial charge is 0.0434 e. The Hall–Kier alpha value is -5.76. The molecule has 242 valence electrons. The van der Waals surface area contributed by atoms with Crippen molar-refractivity contribution in [1.29, 1.82) is 0 Å². The van der Waals surface area contributed by atoms with Crippen LogP contribution in [0.15, 0.2) is 164 Å². The molecule has 0 bridgehead atoms. The van der Waals surface area contributed by atoms with Gasteiger partial charge in [0, 0.05) is 25.7 Å². The average Bonchev–Trinajstić information content (AvgIpc) is 3.57. The van der Waals surface area contributed by atoms with Crippen LogP contribution in [0.5, 0.6) is 0 Å². The molecule has 9 aromatic carbocycles. The minimum absolute atomic E-state index is 1.10. The van der Waals surface area contributed by atoms with Crippen LogP contribution in [0.2, 0.25) is 0 Å². The highest BCUT2D eigenvalue weighted by Gasteiger charge is 2.20. The van der Waals surface area contributed by atoms with Gasteiger partial charge in [0.05, 0.1) is 0 Å². The van der Waals surface area contributed by atoms with Gasteiger partial charge >= 0.3 is 0 Å². The predicted octanol–water partition coefficient (Wildman–Crippen LogP) is 15.0. The van der Waals surface area contributed by atoms with Gasteiger partial charge in [-0.1, -0.05) is 171 Å². The van der Waals surface area contributed by atoms with Gasteiger partial charge < -0.3 is 0 Å². The molecule has 0 unspecified atom stereocenters. The molecule has 0 nitrogen and oxygen atoms in total. The van der Waals surface area contributed by atoms with Gasteiger partial charge in [0.2, 0.25) is 0 Å². The number of unbranched alkanes of at least 4 members (excludes halogenated alkanes) is 1. The SMILES string of the molecule is CCCCc1c2ccccc2c(-c2ccc3c(c2)sc2c(-c4c5ccccc5c(-c5ccccc5)c5ccccc45)cccc23)c2ccccc12. The third kappa shape index (κ3) is 4.73. The third-order valence-electron chi connectivity index (χ3n) is 10.9. The van der Waals surface area contributed by atoms with Crippen molar-refractivity contribution in [2.75, 3.05) is 0 Å². The van der Waals surface area contributed by atoms with Gasteiger partial charge in [-0.3, -0.25) is 0 Å². The van der Waals surface area contributed by atoms with E-state index in [1.165, 1.54) is 115 Å². The van der Waals surface area contributed by atoms with Crippen molar-refractivity contribution in [3.63, 3.8) is 0 Å². The summed E-state index contributed by atoms with van der Waals surface area (Å²) in [7, 11) is 0. The molecule has 0 atom stereocenters. The summed E-state index contributed by atoms with van der Waals surface area (Å²) < 4.78 is 2.67. The first-order chi connectivity index (χ1) is 25.3. The first-order valence-corrected chi connectivity index (χ1v) is 19.0. The van der Waals surface area contributed by atoms with Crippen molar-refractivity contribution in [3.05, 3.63) is 169 Å². The largest absolute Gasteiger partial charge is 0.135 e. The van der Waals surface area contributed by atoms with Crippen LogP contribution in [0.4, 0.5) is 0 Å². The fraction of sp³-hybridized carbons (Fsp3) is 0.0800. The predicted molar refractivity (Wildman–Crippen MR) is 224 cm³/mol. The summed E-state index contributed by atoms with van der Waals surface area (Å²) in [5.41, 5.74) is 9.29. The van der Waals surface area contributed by atoms with Crippen molar-refractivity contribution in [2.24, 2.45) is 0 Å². The quantitative estimate of drug-likeness (QED) is 0.155. The van der Waals surface area contributed by atoms with Gasteiger partial charge in [0.1, 0.15) is 0 Å². The van der Waals surface area contributed by atoms with Crippen LogP contribution < -0.4 is 0 Å². The van der Waals surface area contributed by atoms with E-state index in [2.05, 4.69) is 171 Å². The lowest BCUT2D eigenvalue weighted by atomic mass is 9.85. The molecule has 0 aliphatic heterocycles. The van der Waals surface area contributed by atoms with Crippen LogP contribution in [0.1, 0.15) is 25.3 Å². The Labute approximate surface area is 302 Å². The van der Waals surface area contributed by atoms with E-state index in [4.69, 9.17) is 0 Å². The van der Waals surface area contributed by atoms with Crippen LogP contribution in [-0.4, -0.2) is 0 Å². The molecule has 0 aliphatic carbocycles. The zero-order valence-electron chi connectivity index (χ0n) is 28.6. The van der Waals surface area contributed by atoms with Crippen molar-refractivity contribution < 1.29 is 0 Å². The molecule has 1 heterocycles. The number of benzene rings is 9. The number of hydrogen-bond acceptors (Lipinski definition) is 1. The van der Waals surface area contributed by atoms with E-state index >= 15 is 0 Å². The van der Waals surface area contributed by atoms with Crippen LogP contribution in [0.25, 0.3) is 96.6 Å². The summed E-state index contributed by atoms with van der Waals surface area (Å²) in [5.74, 6) is 0. The zero-order chi connectivity index (χ0) is 33.9. The molecular formula is C50H36S. The van der Waals surface area contributed by atoms with E-state index in [1.807, 2.05) is 11.3 Å². The molecule has 0 spiro atoms. The normalized spacial score (nSPS) is 11.9. The Morgan fingerprint density at radius 2 is 0.882 bits per heavy atom. The number of fused-ring (bicyclic) bond motifs is 7. The monoisotopic (exact) mass is 668 g/mol. The van der Waals surface area contributed by atoms with E-state index in [9.17, 15) is 0 Å². The molecule has 0 amide bonds. The Balaban J connectivity index is 1.23. The zero-order valence-corrected chi connectivity index (χ0v) is 29.4. The van der Waals surface area contributed by atoms with E-state index < -0.39 is 0 Å². The van der Waals surface area contributed by atoms with Crippen LogP contribution in [0.3, 0.4) is 0 Å². The number of aryl methyl sites for hydroxylation is 1. The third-order valence-corrected chi connectivity index (χ3v) is 12.1. The van der Waals surface area contributed by atoms with Crippen molar-refractivity contribution in [3.8, 4) is 33.4 Å². The molecule has 10 aromatic rings. The average molecular weight is 669 g/mol. The molecular weight excluding hydrogens is 633 g/mol. The number of hydrogen-bond donors (Lipinski definition) is 0. The highest BCUT2D eigenvalue weighted by atomic mass is 32.1. The molecule has 0 radical (unpaired) electrons. The Morgan fingerprint density at radius 1 is 0.392 bits per heavy atom. The van der Waals surface area contributed by atoms with Crippen molar-refractivity contribution >= 4 is 74.6 Å². The second kappa shape index (κ2) is 12.2. The molecule has 0 fully saturated rings. The van der Waals surface area contributed by atoms with Gasteiger partial charge in [-0.05, 0) is 95.4 Å². The van der Waals surface area contributed by atoms with E-state index in [-0.39, 0.29) is 0 Å². The van der Waals surface area contributed by atoms with Crippen molar-refractivity contribution in [2.45, 2.75) is 26.2 Å². The Kier molecular flexibility index (Phi) is 7.22. The highest BCUT2D eigenvalue weighted by molar-refractivity contribution is 7.26.